The van der Waals surface area contributed by atoms with E-state index in [9.17, 15) is 9.59 Å². The minimum absolute atomic E-state index is 0.00844. The van der Waals surface area contributed by atoms with Gasteiger partial charge in [0.2, 0.25) is 5.91 Å². The zero-order chi connectivity index (χ0) is 27.5. The third-order valence-corrected chi connectivity index (χ3v) is 7.59. The van der Waals surface area contributed by atoms with Gasteiger partial charge in [0.15, 0.2) is 0 Å². The Kier molecular flexibility index (Phi) is 7.69. The molecule has 1 aliphatic heterocycles. The van der Waals surface area contributed by atoms with Crippen LogP contribution in [0.2, 0.25) is 0 Å². The summed E-state index contributed by atoms with van der Waals surface area (Å²) in [6, 6.07) is 27.9. The monoisotopic (exact) mass is 519 g/mol. The normalized spacial score (nSPS) is 14.2. The number of nitrogens with zero attached hydrogens (tertiary/aromatic N) is 3. The number of carbonyl (C=O) groups is 2. The minimum Gasteiger partial charge on any atom is -0.327 e. The highest BCUT2D eigenvalue weighted by Crippen LogP contribution is 2.42. The van der Waals surface area contributed by atoms with E-state index in [1.165, 1.54) is 11.1 Å². The maximum Gasteiger partial charge on any atom is 0.254 e. The van der Waals surface area contributed by atoms with Gasteiger partial charge >= 0.3 is 0 Å². The number of amides is 2. The molecule has 3 aromatic carbocycles. The number of unbranched alkanes of at least 4 members (excludes halogenated alkanes) is 1. The second kappa shape index (κ2) is 11.3. The van der Waals surface area contributed by atoms with E-state index in [1.54, 1.807) is 4.90 Å². The Bertz CT molecular complexity index is 1450. The van der Waals surface area contributed by atoms with Crippen molar-refractivity contribution in [3.63, 3.8) is 0 Å². The van der Waals surface area contributed by atoms with E-state index in [-0.39, 0.29) is 30.4 Å². The Hall–Kier alpha value is -4.12. The molecule has 0 radical (unpaired) electrons. The molecule has 39 heavy (non-hydrogen) atoms. The van der Waals surface area contributed by atoms with E-state index in [2.05, 4.69) is 48.7 Å². The van der Waals surface area contributed by atoms with E-state index in [0.29, 0.717) is 5.56 Å². The molecule has 4 aromatic rings. The SMILES string of the molecule is CCCCc1ccc(C(=O)N(CC(=O)N2c3ccccc3-n3cccc3C2c2ccc(C)cc2)C(C)C)cc1. The largest absolute Gasteiger partial charge is 0.327 e. The standard InChI is InChI=1S/C34H37N3O2/c1-5-6-10-26-16-20-28(21-17-26)34(39)36(24(2)3)23-32(38)37-30-12-8-7-11-29(30)35-22-9-13-31(35)33(37)27-18-14-25(4)15-19-27/h7-9,11-22,24,33H,5-6,10,23H2,1-4H3. The number of aryl methyl sites for hydroxylation is 2. The predicted molar refractivity (Wildman–Crippen MR) is 158 cm³/mol. The van der Waals surface area contributed by atoms with Crippen molar-refractivity contribution in [3.05, 3.63) is 119 Å². The van der Waals surface area contributed by atoms with Crippen LogP contribution < -0.4 is 4.90 Å². The molecule has 5 rings (SSSR count). The number of fused-ring (bicyclic) bond motifs is 3. The number of carbonyl (C=O) groups excluding carboxylic acids is 2. The first-order valence-corrected chi connectivity index (χ1v) is 13.9. The molecule has 200 valence electrons. The molecule has 0 aliphatic carbocycles. The van der Waals surface area contributed by atoms with Crippen LogP contribution in [0.3, 0.4) is 0 Å². The molecule has 2 heterocycles. The van der Waals surface area contributed by atoms with Gasteiger partial charge in [0.1, 0.15) is 12.6 Å². The van der Waals surface area contributed by atoms with Gasteiger partial charge < -0.3 is 9.47 Å². The second-order valence-corrected chi connectivity index (χ2v) is 10.7. The summed E-state index contributed by atoms with van der Waals surface area (Å²) in [5, 5.41) is 0. The maximum absolute atomic E-state index is 14.3. The number of rotatable bonds is 8. The van der Waals surface area contributed by atoms with Gasteiger partial charge in [-0.05, 0) is 81.1 Å². The van der Waals surface area contributed by atoms with Gasteiger partial charge in [0.25, 0.3) is 5.91 Å². The van der Waals surface area contributed by atoms with Crippen LogP contribution in [0.1, 0.15) is 72.4 Å². The fourth-order valence-electron chi connectivity index (χ4n) is 5.40. The smallest absolute Gasteiger partial charge is 0.254 e. The first-order valence-electron chi connectivity index (χ1n) is 13.9. The van der Waals surface area contributed by atoms with Crippen molar-refractivity contribution in [2.75, 3.05) is 11.4 Å². The highest BCUT2D eigenvalue weighted by molar-refractivity contribution is 6.02. The molecular weight excluding hydrogens is 482 g/mol. The number of hydrogen-bond acceptors (Lipinski definition) is 2. The lowest BCUT2D eigenvalue weighted by Crippen LogP contribution is -2.48. The highest BCUT2D eigenvalue weighted by Gasteiger charge is 2.37. The van der Waals surface area contributed by atoms with Crippen molar-refractivity contribution < 1.29 is 9.59 Å². The Morgan fingerprint density at radius 3 is 2.23 bits per heavy atom. The van der Waals surface area contributed by atoms with Gasteiger partial charge in [-0.1, -0.05) is 67.4 Å². The van der Waals surface area contributed by atoms with Crippen LogP contribution in [0.4, 0.5) is 5.69 Å². The summed E-state index contributed by atoms with van der Waals surface area (Å²) in [5.41, 5.74) is 6.87. The average Bonchev–Trinajstić information content (AvgIpc) is 3.44. The molecular formula is C34H37N3O2. The lowest BCUT2D eigenvalue weighted by molar-refractivity contribution is -0.120. The molecule has 1 aliphatic rings. The minimum atomic E-state index is -0.301. The van der Waals surface area contributed by atoms with Crippen LogP contribution in [0.15, 0.2) is 91.1 Å². The van der Waals surface area contributed by atoms with Crippen molar-refractivity contribution in [3.8, 4) is 5.69 Å². The van der Waals surface area contributed by atoms with Crippen molar-refractivity contribution in [1.29, 1.82) is 0 Å². The van der Waals surface area contributed by atoms with Crippen LogP contribution in [-0.4, -0.2) is 33.9 Å². The number of hydrogen-bond donors (Lipinski definition) is 0. The number of benzene rings is 3. The quantitative estimate of drug-likeness (QED) is 0.249. The molecule has 0 spiro atoms. The predicted octanol–water partition coefficient (Wildman–Crippen LogP) is 7.12. The number of aromatic nitrogens is 1. The summed E-state index contributed by atoms with van der Waals surface area (Å²) in [4.78, 5) is 31.5. The van der Waals surface area contributed by atoms with Crippen LogP contribution >= 0.6 is 0 Å². The molecule has 0 fully saturated rings. The molecule has 0 saturated carbocycles. The van der Waals surface area contributed by atoms with Crippen LogP contribution in [0, 0.1) is 6.92 Å². The van der Waals surface area contributed by atoms with E-state index in [1.807, 2.05) is 79.5 Å². The highest BCUT2D eigenvalue weighted by atomic mass is 16.2. The summed E-state index contributed by atoms with van der Waals surface area (Å²) >= 11 is 0. The van der Waals surface area contributed by atoms with Gasteiger partial charge in [-0.3, -0.25) is 14.5 Å². The summed E-state index contributed by atoms with van der Waals surface area (Å²) in [5.74, 6) is -0.233. The summed E-state index contributed by atoms with van der Waals surface area (Å²) < 4.78 is 2.16. The molecule has 0 bridgehead atoms. The fourth-order valence-corrected chi connectivity index (χ4v) is 5.40. The first kappa shape index (κ1) is 26.5. The molecule has 5 heteroatoms. The first-order chi connectivity index (χ1) is 18.9. The van der Waals surface area contributed by atoms with Crippen molar-refractivity contribution in [2.24, 2.45) is 0 Å². The summed E-state index contributed by atoms with van der Waals surface area (Å²) in [6.45, 7) is 8.16. The van der Waals surface area contributed by atoms with Crippen LogP contribution in [-0.2, 0) is 11.2 Å². The fraction of sp³-hybridized carbons (Fsp3) is 0.294. The van der Waals surface area contributed by atoms with Crippen molar-refractivity contribution >= 4 is 17.5 Å². The van der Waals surface area contributed by atoms with Gasteiger partial charge in [-0.25, -0.2) is 0 Å². The molecule has 0 saturated heterocycles. The Morgan fingerprint density at radius 1 is 0.872 bits per heavy atom. The zero-order valence-corrected chi connectivity index (χ0v) is 23.3. The van der Waals surface area contributed by atoms with Gasteiger partial charge in [0, 0.05) is 17.8 Å². The maximum atomic E-state index is 14.3. The summed E-state index contributed by atoms with van der Waals surface area (Å²) in [7, 11) is 0. The lowest BCUT2D eigenvalue weighted by Gasteiger charge is -2.40. The van der Waals surface area contributed by atoms with Gasteiger partial charge in [-0.2, -0.15) is 0 Å². The van der Waals surface area contributed by atoms with Gasteiger partial charge in [-0.15, -0.1) is 0 Å². The Labute approximate surface area is 231 Å². The molecule has 1 aromatic heterocycles. The Morgan fingerprint density at radius 2 is 1.56 bits per heavy atom. The number of para-hydroxylation sites is 2. The zero-order valence-electron chi connectivity index (χ0n) is 23.3. The average molecular weight is 520 g/mol. The third kappa shape index (κ3) is 5.26. The molecule has 1 atom stereocenters. The van der Waals surface area contributed by atoms with E-state index in [0.717, 1.165) is 41.9 Å². The number of anilines is 1. The molecule has 5 nitrogen and oxygen atoms in total. The van der Waals surface area contributed by atoms with Crippen molar-refractivity contribution in [1.82, 2.24) is 9.47 Å². The van der Waals surface area contributed by atoms with E-state index < -0.39 is 0 Å². The van der Waals surface area contributed by atoms with Gasteiger partial charge in [0.05, 0.1) is 17.1 Å². The molecule has 1 unspecified atom stereocenters. The van der Waals surface area contributed by atoms with Crippen molar-refractivity contribution in [2.45, 2.75) is 59.0 Å². The summed E-state index contributed by atoms with van der Waals surface area (Å²) in [6.07, 6.45) is 5.32. The third-order valence-electron chi connectivity index (χ3n) is 7.59. The van der Waals surface area contributed by atoms with Crippen LogP contribution in [0.25, 0.3) is 5.69 Å². The Balaban J connectivity index is 1.49. The van der Waals surface area contributed by atoms with E-state index >= 15 is 0 Å². The van der Waals surface area contributed by atoms with E-state index in [4.69, 9.17) is 0 Å². The molecule has 0 N–H and O–H groups in total. The van der Waals surface area contributed by atoms with Crippen LogP contribution in [0.5, 0.6) is 0 Å². The lowest BCUT2D eigenvalue weighted by atomic mass is 9.97. The molecule has 2 amide bonds. The second-order valence-electron chi connectivity index (χ2n) is 10.7. The topological polar surface area (TPSA) is 45.6 Å².